The molecule has 0 aromatic heterocycles. The monoisotopic (exact) mass is 316 g/mol. The lowest BCUT2D eigenvalue weighted by molar-refractivity contribution is -0.147. The standard InChI is InChI=1S/C13H17BrO4/c1-8(2)10-6-9(14)4-5-11(10)18-12(7-17-3)13(15)16/h4-6,8,12H,7H2,1-3H3,(H,15,16)/t12-/m0/s1. The molecule has 5 heteroatoms. The van der Waals surface area contributed by atoms with E-state index in [0.29, 0.717) is 5.75 Å². The van der Waals surface area contributed by atoms with Gasteiger partial charge in [-0.05, 0) is 29.7 Å². The molecular weight excluding hydrogens is 300 g/mol. The molecule has 0 amide bonds. The first-order valence-corrected chi connectivity index (χ1v) is 6.42. The number of halogens is 1. The minimum atomic E-state index is -1.03. The van der Waals surface area contributed by atoms with Crippen LogP contribution in [-0.4, -0.2) is 30.9 Å². The van der Waals surface area contributed by atoms with Crippen LogP contribution in [0.4, 0.5) is 0 Å². The van der Waals surface area contributed by atoms with E-state index in [0.717, 1.165) is 10.0 Å². The third kappa shape index (κ3) is 3.99. The van der Waals surface area contributed by atoms with Crippen molar-refractivity contribution in [3.63, 3.8) is 0 Å². The van der Waals surface area contributed by atoms with Crippen molar-refractivity contribution in [1.29, 1.82) is 0 Å². The van der Waals surface area contributed by atoms with Gasteiger partial charge in [-0.2, -0.15) is 0 Å². The zero-order valence-electron chi connectivity index (χ0n) is 10.6. The molecule has 0 fully saturated rings. The predicted molar refractivity (Wildman–Crippen MR) is 72.2 cm³/mol. The maximum absolute atomic E-state index is 11.0. The Hall–Kier alpha value is -1.07. The molecule has 100 valence electrons. The first kappa shape index (κ1) is 15.0. The van der Waals surface area contributed by atoms with Crippen LogP contribution in [0, 0.1) is 0 Å². The number of ether oxygens (including phenoxy) is 2. The Morgan fingerprint density at radius 2 is 2.11 bits per heavy atom. The molecule has 4 nitrogen and oxygen atoms in total. The Labute approximate surface area is 115 Å². The van der Waals surface area contributed by atoms with Crippen LogP contribution in [0.3, 0.4) is 0 Å². The topological polar surface area (TPSA) is 55.8 Å². The summed E-state index contributed by atoms with van der Waals surface area (Å²) in [7, 11) is 1.45. The lowest BCUT2D eigenvalue weighted by Crippen LogP contribution is -2.32. The van der Waals surface area contributed by atoms with Crippen LogP contribution in [-0.2, 0) is 9.53 Å². The largest absolute Gasteiger partial charge is 0.478 e. The smallest absolute Gasteiger partial charge is 0.347 e. The van der Waals surface area contributed by atoms with Crippen LogP contribution < -0.4 is 4.74 Å². The summed E-state index contributed by atoms with van der Waals surface area (Å²) in [4.78, 5) is 11.0. The summed E-state index contributed by atoms with van der Waals surface area (Å²) in [5, 5.41) is 9.04. The number of hydrogen-bond donors (Lipinski definition) is 1. The van der Waals surface area contributed by atoms with E-state index in [1.165, 1.54) is 7.11 Å². The Bertz CT molecular complexity index is 417. The molecule has 0 aliphatic carbocycles. The van der Waals surface area contributed by atoms with Gasteiger partial charge in [-0.25, -0.2) is 4.79 Å². The average Bonchev–Trinajstić information content (AvgIpc) is 2.30. The summed E-state index contributed by atoms with van der Waals surface area (Å²) >= 11 is 3.39. The van der Waals surface area contributed by atoms with Crippen molar-refractivity contribution in [2.45, 2.75) is 25.9 Å². The Balaban J connectivity index is 2.98. The summed E-state index contributed by atoms with van der Waals surface area (Å²) in [5.74, 6) is -0.207. The van der Waals surface area contributed by atoms with Crippen LogP contribution >= 0.6 is 15.9 Å². The second-order valence-electron chi connectivity index (χ2n) is 4.24. The molecule has 1 aromatic carbocycles. The van der Waals surface area contributed by atoms with Gasteiger partial charge in [0.05, 0.1) is 6.61 Å². The lowest BCUT2D eigenvalue weighted by Gasteiger charge is -2.18. The maximum Gasteiger partial charge on any atom is 0.347 e. The van der Waals surface area contributed by atoms with E-state index in [1.54, 1.807) is 6.07 Å². The minimum absolute atomic E-state index is 0.0168. The fourth-order valence-corrected chi connectivity index (χ4v) is 1.92. The molecule has 1 rings (SSSR count). The second kappa shape index (κ2) is 6.75. The summed E-state index contributed by atoms with van der Waals surface area (Å²) in [6.45, 7) is 4.07. The molecule has 18 heavy (non-hydrogen) atoms. The van der Waals surface area contributed by atoms with Crippen molar-refractivity contribution in [3.05, 3.63) is 28.2 Å². The van der Waals surface area contributed by atoms with Gasteiger partial charge in [-0.1, -0.05) is 29.8 Å². The SMILES string of the molecule is COC[C@H](Oc1ccc(Br)cc1C(C)C)C(=O)O. The number of hydrogen-bond acceptors (Lipinski definition) is 3. The van der Waals surface area contributed by atoms with Crippen molar-refractivity contribution in [2.24, 2.45) is 0 Å². The molecule has 0 aliphatic rings. The van der Waals surface area contributed by atoms with Crippen LogP contribution in [0.5, 0.6) is 5.75 Å². The normalized spacial score (nSPS) is 12.5. The summed E-state index contributed by atoms with van der Waals surface area (Å²) in [6.07, 6.45) is -0.992. The Kier molecular flexibility index (Phi) is 5.62. The first-order chi connectivity index (χ1) is 8.45. The van der Waals surface area contributed by atoms with Crippen molar-refractivity contribution in [3.8, 4) is 5.75 Å². The van der Waals surface area contributed by atoms with Gasteiger partial charge in [0.1, 0.15) is 5.75 Å². The van der Waals surface area contributed by atoms with E-state index in [9.17, 15) is 4.79 Å². The third-order valence-electron chi connectivity index (χ3n) is 2.46. The fraction of sp³-hybridized carbons (Fsp3) is 0.462. The van der Waals surface area contributed by atoms with Crippen molar-refractivity contribution >= 4 is 21.9 Å². The number of aliphatic carboxylic acids is 1. The predicted octanol–water partition coefficient (Wildman–Crippen LogP) is 3.05. The summed E-state index contributed by atoms with van der Waals surface area (Å²) in [6, 6.07) is 5.53. The highest BCUT2D eigenvalue weighted by molar-refractivity contribution is 9.10. The van der Waals surface area contributed by atoms with Crippen molar-refractivity contribution in [1.82, 2.24) is 0 Å². The molecule has 1 N–H and O–H groups in total. The number of benzene rings is 1. The van der Waals surface area contributed by atoms with Crippen molar-refractivity contribution < 1.29 is 19.4 Å². The van der Waals surface area contributed by atoms with E-state index >= 15 is 0 Å². The van der Waals surface area contributed by atoms with Gasteiger partial charge >= 0.3 is 5.97 Å². The molecular formula is C13H17BrO4. The van der Waals surface area contributed by atoms with Gasteiger partial charge < -0.3 is 14.6 Å². The fourth-order valence-electron chi connectivity index (χ4n) is 1.54. The number of carbonyl (C=O) groups is 1. The summed E-state index contributed by atoms with van der Waals surface area (Å²) < 4.78 is 11.3. The van der Waals surface area contributed by atoms with E-state index in [2.05, 4.69) is 15.9 Å². The second-order valence-corrected chi connectivity index (χ2v) is 5.15. The van der Waals surface area contributed by atoms with Crippen molar-refractivity contribution in [2.75, 3.05) is 13.7 Å². The molecule has 0 spiro atoms. The van der Waals surface area contributed by atoms with E-state index in [-0.39, 0.29) is 12.5 Å². The molecule has 1 atom stereocenters. The molecule has 0 unspecified atom stereocenters. The van der Waals surface area contributed by atoms with Crippen LogP contribution in [0.25, 0.3) is 0 Å². The zero-order valence-corrected chi connectivity index (χ0v) is 12.2. The minimum Gasteiger partial charge on any atom is -0.478 e. The number of methoxy groups -OCH3 is 1. The van der Waals surface area contributed by atoms with E-state index < -0.39 is 12.1 Å². The highest BCUT2D eigenvalue weighted by Crippen LogP contribution is 2.30. The maximum atomic E-state index is 11.0. The van der Waals surface area contributed by atoms with Crippen LogP contribution in [0.2, 0.25) is 0 Å². The van der Waals surface area contributed by atoms with Crippen LogP contribution in [0.1, 0.15) is 25.3 Å². The lowest BCUT2D eigenvalue weighted by atomic mass is 10.0. The summed E-state index contributed by atoms with van der Waals surface area (Å²) in [5.41, 5.74) is 0.965. The third-order valence-corrected chi connectivity index (χ3v) is 2.95. The Morgan fingerprint density at radius 3 is 2.61 bits per heavy atom. The van der Waals surface area contributed by atoms with E-state index in [4.69, 9.17) is 14.6 Å². The zero-order chi connectivity index (χ0) is 13.7. The average molecular weight is 317 g/mol. The van der Waals surface area contributed by atoms with Gasteiger partial charge in [0.15, 0.2) is 0 Å². The first-order valence-electron chi connectivity index (χ1n) is 5.63. The van der Waals surface area contributed by atoms with Crippen LogP contribution in [0.15, 0.2) is 22.7 Å². The molecule has 0 heterocycles. The number of carboxylic acids is 1. The molecule has 0 saturated heterocycles. The van der Waals surface area contributed by atoms with Gasteiger partial charge in [-0.15, -0.1) is 0 Å². The molecule has 1 aromatic rings. The molecule has 0 bridgehead atoms. The van der Waals surface area contributed by atoms with Gasteiger partial charge in [0.2, 0.25) is 6.10 Å². The molecule has 0 radical (unpaired) electrons. The van der Waals surface area contributed by atoms with E-state index in [1.807, 2.05) is 26.0 Å². The molecule has 0 saturated carbocycles. The highest BCUT2D eigenvalue weighted by Gasteiger charge is 2.21. The van der Waals surface area contributed by atoms with Gasteiger partial charge in [-0.3, -0.25) is 0 Å². The Morgan fingerprint density at radius 1 is 1.44 bits per heavy atom. The number of carboxylic acid groups (broad SMARTS) is 1. The van der Waals surface area contributed by atoms with Gasteiger partial charge in [0, 0.05) is 11.6 Å². The highest BCUT2D eigenvalue weighted by atomic mass is 79.9. The molecule has 0 aliphatic heterocycles. The van der Waals surface area contributed by atoms with Gasteiger partial charge in [0.25, 0.3) is 0 Å². The quantitative estimate of drug-likeness (QED) is 0.876. The number of rotatable bonds is 6.